The smallest absolute Gasteiger partial charge is 0.185 e. The molecule has 0 aliphatic carbocycles. The molecule has 0 amide bonds. The predicted molar refractivity (Wildman–Crippen MR) is 107 cm³/mol. The number of ketones is 1. The molecule has 27 heavy (non-hydrogen) atoms. The van der Waals surface area contributed by atoms with E-state index in [2.05, 4.69) is 4.98 Å². The third kappa shape index (κ3) is 4.75. The van der Waals surface area contributed by atoms with Gasteiger partial charge in [0.2, 0.25) is 0 Å². The second-order valence-corrected chi connectivity index (χ2v) is 8.91. The number of halogens is 2. The van der Waals surface area contributed by atoms with Crippen LogP contribution in [0, 0.1) is 0 Å². The Morgan fingerprint density at radius 1 is 0.963 bits per heavy atom. The first-order valence-corrected chi connectivity index (χ1v) is 10.6. The maximum Gasteiger partial charge on any atom is 0.185 e. The van der Waals surface area contributed by atoms with Crippen LogP contribution in [0.2, 0.25) is 10.0 Å². The quantitative estimate of drug-likeness (QED) is 0.552. The van der Waals surface area contributed by atoms with Gasteiger partial charge in [0, 0.05) is 24.4 Å². The van der Waals surface area contributed by atoms with E-state index in [1.807, 2.05) is 0 Å². The molecule has 0 bridgehead atoms. The van der Waals surface area contributed by atoms with Crippen LogP contribution < -0.4 is 0 Å². The molecule has 7 heteroatoms. The number of carbonyl (C=O) groups excluding carboxylic acids is 1. The maximum atomic E-state index is 12.4. The van der Waals surface area contributed by atoms with Crippen LogP contribution in [0.3, 0.4) is 0 Å². The summed E-state index contributed by atoms with van der Waals surface area (Å²) in [5, 5.41) is 0.836. The van der Waals surface area contributed by atoms with Gasteiger partial charge in [-0.1, -0.05) is 47.5 Å². The summed E-state index contributed by atoms with van der Waals surface area (Å²) in [6.07, 6.45) is 2.88. The Bertz CT molecular complexity index is 1110. The molecule has 0 aliphatic rings. The fourth-order valence-electron chi connectivity index (χ4n) is 2.56. The van der Waals surface area contributed by atoms with Gasteiger partial charge in [-0.05, 0) is 41.5 Å². The molecular formula is C20H15Cl2NO3S. The van der Waals surface area contributed by atoms with E-state index in [9.17, 15) is 13.2 Å². The molecule has 0 radical (unpaired) electrons. The molecule has 0 unspecified atom stereocenters. The zero-order chi connectivity index (χ0) is 19.6. The van der Waals surface area contributed by atoms with Crippen molar-refractivity contribution in [2.45, 2.75) is 11.3 Å². The largest absolute Gasteiger partial charge is 0.292 e. The summed E-state index contributed by atoms with van der Waals surface area (Å²) in [6.45, 7) is 0. The molecule has 0 N–H and O–H groups in total. The molecule has 138 valence electrons. The van der Waals surface area contributed by atoms with Gasteiger partial charge in [-0.25, -0.2) is 8.42 Å². The van der Waals surface area contributed by atoms with E-state index in [1.165, 1.54) is 0 Å². The minimum absolute atomic E-state index is 0.148. The van der Waals surface area contributed by atoms with Gasteiger partial charge in [-0.2, -0.15) is 0 Å². The number of carbonyl (C=O) groups is 1. The topological polar surface area (TPSA) is 64.1 Å². The molecule has 1 aromatic heterocycles. The Hall–Kier alpha value is -2.21. The monoisotopic (exact) mass is 419 g/mol. The number of hydrogen-bond donors (Lipinski definition) is 0. The van der Waals surface area contributed by atoms with Crippen molar-refractivity contribution in [3.05, 3.63) is 82.1 Å². The minimum atomic E-state index is -3.29. The van der Waals surface area contributed by atoms with Gasteiger partial charge in [-0.15, -0.1) is 0 Å². The Morgan fingerprint density at radius 2 is 1.74 bits per heavy atom. The molecule has 0 aliphatic heterocycles. The zero-order valence-electron chi connectivity index (χ0n) is 14.3. The number of hydrogen-bond acceptors (Lipinski definition) is 4. The van der Waals surface area contributed by atoms with Crippen molar-refractivity contribution < 1.29 is 13.2 Å². The van der Waals surface area contributed by atoms with E-state index >= 15 is 0 Å². The van der Waals surface area contributed by atoms with E-state index in [0.29, 0.717) is 21.3 Å². The Balaban J connectivity index is 1.81. The summed E-state index contributed by atoms with van der Waals surface area (Å²) >= 11 is 11.9. The molecule has 3 rings (SSSR count). The fourth-order valence-corrected chi connectivity index (χ4v) is 3.55. The summed E-state index contributed by atoms with van der Waals surface area (Å²) < 4.78 is 23.4. The highest BCUT2D eigenvalue weighted by molar-refractivity contribution is 7.90. The average molecular weight is 420 g/mol. The lowest BCUT2D eigenvalue weighted by molar-refractivity contribution is 0.0988. The first-order chi connectivity index (χ1) is 12.7. The number of Topliss-reactive ketones (excluding diaryl/α,β-unsaturated/α-hetero) is 1. The van der Waals surface area contributed by atoms with Crippen LogP contribution in [0.4, 0.5) is 0 Å². The van der Waals surface area contributed by atoms with Gasteiger partial charge in [0.15, 0.2) is 15.6 Å². The standard InChI is InChI=1S/C20H15Cl2NO3S/c1-27(25,26)16-4-2-3-14(11-16)15-6-8-19(23-12-15)20(24)10-13-5-7-17(21)18(22)9-13/h2-9,11-12H,10H2,1H3. The first-order valence-electron chi connectivity index (χ1n) is 7.98. The molecule has 2 aromatic carbocycles. The zero-order valence-corrected chi connectivity index (χ0v) is 16.6. The Kier molecular flexibility index (Phi) is 5.65. The summed E-state index contributed by atoms with van der Waals surface area (Å²) in [4.78, 5) is 16.9. The van der Waals surface area contributed by atoms with Crippen LogP contribution in [0.5, 0.6) is 0 Å². The Morgan fingerprint density at radius 3 is 2.37 bits per heavy atom. The van der Waals surface area contributed by atoms with Crippen molar-refractivity contribution in [3.63, 3.8) is 0 Å². The van der Waals surface area contributed by atoms with Crippen molar-refractivity contribution in [3.8, 4) is 11.1 Å². The van der Waals surface area contributed by atoms with Gasteiger partial charge in [0.1, 0.15) is 5.69 Å². The molecule has 0 saturated carbocycles. The molecule has 0 spiro atoms. The van der Waals surface area contributed by atoms with Gasteiger partial charge in [0.05, 0.1) is 14.9 Å². The van der Waals surface area contributed by atoms with E-state index in [1.54, 1.807) is 60.8 Å². The molecule has 0 saturated heterocycles. The van der Waals surface area contributed by atoms with Gasteiger partial charge >= 0.3 is 0 Å². The normalized spacial score (nSPS) is 11.4. The first kappa shape index (κ1) is 19.5. The van der Waals surface area contributed by atoms with Crippen molar-refractivity contribution >= 4 is 38.8 Å². The fraction of sp³-hybridized carbons (Fsp3) is 0.100. The average Bonchev–Trinajstić information content (AvgIpc) is 2.64. The maximum absolute atomic E-state index is 12.4. The van der Waals surface area contributed by atoms with E-state index < -0.39 is 9.84 Å². The van der Waals surface area contributed by atoms with E-state index in [4.69, 9.17) is 23.2 Å². The van der Waals surface area contributed by atoms with E-state index in [0.717, 1.165) is 17.4 Å². The van der Waals surface area contributed by atoms with Crippen LogP contribution in [0.15, 0.2) is 65.7 Å². The molecule has 3 aromatic rings. The summed E-state index contributed by atoms with van der Waals surface area (Å²) in [6, 6.07) is 15.0. The molecule has 0 fully saturated rings. The molecule has 4 nitrogen and oxygen atoms in total. The lowest BCUT2D eigenvalue weighted by atomic mass is 10.0. The summed E-state index contributed by atoms with van der Waals surface area (Å²) in [5.41, 5.74) is 2.52. The predicted octanol–water partition coefficient (Wildman–Crippen LogP) is 4.88. The van der Waals surface area contributed by atoms with E-state index in [-0.39, 0.29) is 17.1 Å². The third-order valence-electron chi connectivity index (χ3n) is 3.99. The lowest BCUT2D eigenvalue weighted by Crippen LogP contribution is -2.06. The van der Waals surface area contributed by atoms with Gasteiger partial charge < -0.3 is 0 Å². The van der Waals surface area contributed by atoms with Gasteiger partial charge in [0.25, 0.3) is 0 Å². The minimum Gasteiger partial charge on any atom is -0.292 e. The van der Waals surface area contributed by atoms with Crippen LogP contribution in [0.1, 0.15) is 16.1 Å². The van der Waals surface area contributed by atoms with Crippen molar-refractivity contribution in [1.82, 2.24) is 4.98 Å². The highest BCUT2D eigenvalue weighted by atomic mass is 35.5. The third-order valence-corrected chi connectivity index (χ3v) is 5.84. The number of benzene rings is 2. The van der Waals surface area contributed by atoms with Crippen LogP contribution in [-0.2, 0) is 16.3 Å². The molecule has 0 atom stereocenters. The Labute approximate surface area is 167 Å². The number of sulfone groups is 1. The molecular weight excluding hydrogens is 405 g/mol. The number of aromatic nitrogens is 1. The van der Waals surface area contributed by atoms with Gasteiger partial charge in [-0.3, -0.25) is 9.78 Å². The highest BCUT2D eigenvalue weighted by Crippen LogP contribution is 2.24. The summed E-state index contributed by atoms with van der Waals surface area (Å²) in [5.74, 6) is -0.148. The lowest BCUT2D eigenvalue weighted by Gasteiger charge is -2.06. The summed E-state index contributed by atoms with van der Waals surface area (Å²) in [7, 11) is -3.29. The molecule has 1 heterocycles. The SMILES string of the molecule is CS(=O)(=O)c1cccc(-c2ccc(C(=O)Cc3ccc(Cl)c(Cl)c3)nc2)c1. The van der Waals surface area contributed by atoms with Crippen LogP contribution in [0.25, 0.3) is 11.1 Å². The van der Waals surface area contributed by atoms with Crippen molar-refractivity contribution in [2.75, 3.05) is 6.26 Å². The number of pyridine rings is 1. The van der Waals surface area contributed by atoms with Crippen LogP contribution >= 0.6 is 23.2 Å². The highest BCUT2D eigenvalue weighted by Gasteiger charge is 2.12. The van der Waals surface area contributed by atoms with Crippen LogP contribution in [-0.4, -0.2) is 25.4 Å². The second-order valence-electron chi connectivity index (χ2n) is 6.08. The number of rotatable bonds is 5. The van der Waals surface area contributed by atoms with Crippen molar-refractivity contribution in [2.24, 2.45) is 0 Å². The second kappa shape index (κ2) is 7.80. The van der Waals surface area contributed by atoms with Crippen molar-refractivity contribution in [1.29, 1.82) is 0 Å². The number of nitrogens with zero attached hydrogens (tertiary/aromatic N) is 1.